The van der Waals surface area contributed by atoms with E-state index >= 15 is 0 Å². The fraction of sp³-hybridized carbons (Fsp3) is 0.600. The topological polar surface area (TPSA) is 61.8 Å². The van der Waals surface area contributed by atoms with E-state index in [9.17, 15) is 9.59 Å². The Balaban J connectivity index is 2.54. The number of esters is 2. The van der Waals surface area contributed by atoms with E-state index < -0.39 is 29.6 Å². The molecule has 0 saturated carbocycles. The number of hydrogen-bond acceptors (Lipinski definition) is 5. The van der Waals surface area contributed by atoms with E-state index in [1.165, 1.54) is 0 Å². The summed E-state index contributed by atoms with van der Waals surface area (Å²) in [6.07, 6.45) is -0.0235. The van der Waals surface area contributed by atoms with E-state index in [2.05, 4.69) is 0 Å². The van der Waals surface area contributed by atoms with Crippen molar-refractivity contribution in [2.75, 3.05) is 7.11 Å². The van der Waals surface area contributed by atoms with Crippen LogP contribution in [0.15, 0.2) is 30.3 Å². The lowest BCUT2D eigenvalue weighted by Gasteiger charge is -2.25. The summed E-state index contributed by atoms with van der Waals surface area (Å²) in [6, 6.07) is 9.88. The van der Waals surface area contributed by atoms with E-state index in [1.54, 1.807) is 41.7 Å². The van der Waals surface area contributed by atoms with Crippen LogP contribution in [0.3, 0.4) is 0 Å². The van der Waals surface area contributed by atoms with Gasteiger partial charge in [0.2, 0.25) is 0 Å². The molecule has 3 atom stereocenters. The maximum absolute atomic E-state index is 12.2. The number of rotatable bonds is 8. The Morgan fingerprint density at radius 2 is 1.68 bits per heavy atom. The van der Waals surface area contributed by atoms with E-state index in [4.69, 9.17) is 14.2 Å². The molecule has 0 fully saturated rings. The van der Waals surface area contributed by atoms with E-state index in [1.807, 2.05) is 30.3 Å². The Labute approximate surface area is 150 Å². The van der Waals surface area contributed by atoms with Crippen molar-refractivity contribution in [3.8, 4) is 0 Å². The fourth-order valence-electron chi connectivity index (χ4n) is 2.38. The van der Waals surface area contributed by atoms with Crippen molar-refractivity contribution in [3.63, 3.8) is 0 Å². The highest BCUT2D eigenvalue weighted by Crippen LogP contribution is 2.16. The lowest BCUT2D eigenvalue weighted by molar-refractivity contribution is -0.166. The first-order valence-corrected chi connectivity index (χ1v) is 8.61. The molecule has 140 valence electrons. The van der Waals surface area contributed by atoms with E-state index in [0.717, 1.165) is 5.56 Å². The van der Waals surface area contributed by atoms with Gasteiger partial charge in [-0.25, -0.2) is 0 Å². The summed E-state index contributed by atoms with van der Waals surface area (Å²) in [5.74, 6) is -1.39. The van der Waals surface area contributed by atoms with Gasteiger partial charge in [0, 0.05) is 13.5 Å². The van der Waals surface area contributed by atoms with Gasteiger partial charge >= 0.3 is 11.9 Å². The zero-order chi connectivity index (χ0) is 19.0. The molecule has 5 heteroatoms. The van der Waals surface area contributed by atoms with Gasteiger partial charge in [0.1, 0.15) is 11.7 Å². The molecule has 1 aromatic carbocycles. The number of ether oxygens (including phenoxy) is 3. The first-order valence-electron chi connectivity index (χ1n) is 8.61. The molecule has 0 bridgehead atoms. The van der Waals surface area contributed by atoms with Crippen LogP contribution < -0.4 is 0 Å². The van der Waals surface area contributed by atoms with Gasteiger partial charge < -0.3 is 14.2 Å². The second-order valence-electron chi connectivity index (χ2n) is 7.30. The number of methoxy groups -OCH3 is 1. The number of carbonyl (C=O) groups is 2. The molecular formula is C20H30O5. The highest BCUT2D eigenvalue weighted by molar-refractivity contribution is 5.79. The minimum Gasteiger partial charge on any atom is -0.460 e. The molecule has 0 aliphatic rings. The number of benzene rings is 1. The second kappa shape index (κ2) is 9.56. The van der Waals surface area contributed by atoms with Crippen molar-refractivity contribution in [2.24, 2.45) is 5.92 Å². The lowest BCUT2D eigenvalue weighted by Crippen LogP contribution is -2.34. The van der Waals surface area contributed by atoms with Crippen molar-refractivity contribution >= 4 is 11.9 Å². The molecule has 0 heterocycles. The molecule has 0 aliphatic carbocycles. The fourth-order valence-corrected chi connectivity index (χ4v) is 2.38. The Bertz CT molecular complexity index is 547. The van der Waals surface area contributed by atoms with Crippen molar-refractivity contribution in [2.45, 2.75) is 65.3 Å². The van der Waals surface area contributed by atoms with Crippen LogP contribution in [0, 0.1) is 5.92 Å². The van der Waals surface area contributed by atoms with Crippen LogP contribution in [0.2, 0.25) is 0 Å². The third-order valence-electron chi connectivity index (χ3n) is 3.70. The molecule has 1 aromatic rings. The van der Waals surface area contributed by atoms with Gasteiger partial charge in [-0.3, -0.25) is 9.59 Å². The van der Waals surface area contributed by atoms with Crippen LogP contribution in [-0.2, 0) is 30.2 Å². The van der Waals surface area contributed by atoms with Gasteiger partial charge in [-0.1, -0.05) is 37.3 Å². The normalized spacial score (nSPS) is 15.1. The van der Waals surface area contributed by atoms with Crippen LogP contribution in [0.25, 0.3) is 0 Å². The molecule has 0 N–H and O–H groups in total. The highest BCUT2D eigenvalue weighted by Gasteiger charge is 2.27. The summed E-state index contributed by atoms with van der Waals surface area (Å²) in [5, 5.41) is 0. The molecule has 0 spiro atoms. The van der Waals surface area contributed by atoms with Gasteiger partial charge in [0.05, 0.1) is 18.4 Å². The summed E-state index contributed by atoms with van der Waals surface area (Å²) < 4.78 is 16.2. The van der Waals surface area contributed by atoms with Crippen LogP contribution >= 0.6 is 0 Å². The smallest absolute Gasteiger partial charge is 0.309 e. The Kier molecular flexibility index (Phi) is 8.10. The van der Waals surface area contributed by atoms with Crippen LogP contribution in [0.5, 0.6) is 0 Å². The molecule has 0 unspecified atom stereocenters. The quantitative estimate of drug-likeness (QED) is 0.671. The molecule has 1 rings (SSSR count). The molecule has 25 heavy (non-hydrogen) atoms. The predicted molar refractivity (Wildman–Crippen MR) is 96.1 cm³/mol. The largest absolute Gasteiger partial charge is 0.460 e. The lowest BCUT2D eigenvalue weighted by atomic mass is 10.0. The zero-order valence-corrected chi connectivity index (χ0v) is 16.1. The number of carbonyl (C=O) groups excluding carboxylic acids is 2. The van der Waals surface area contributed by atoms with Crippen LogP contribution in [0.4, 0.5) is 0 Å². The van der Waals surface area contributed by atoms with Crippen LogP contribution in [0.1, 0.15) is 46.6 Å². The zero-order valence-electron chi connectivity index (χ0n) is 16.1. The van der Waals surface area contributed by atoms with Gasteiger partial charge in [-0.15, -0.1) is 0 Å². The van der Waals surface area contributed by atoms with Crippen molar-refractivity contribution < 1.29 is 23.8 Å². The maximum Gasteiger partial charge on any atom is 0.309 e. The average molecular weight is 350 g/mol. The Morgan fingerprint density at radius 3 is 2.20 bits per heavy atom. The summed E-state index contributed by atoms with van der Waals surface area (Å²) in [6.45, 7) is 8.85. The van der Waals surface area contributed by atoms with Gasteiger partial charge in [0.15, 0.2) is 0 Å². The monoisotopic (exact) mass is 350 g/mol. The summed E-state index contributed by atoms with van der Waals surface area (Å²) in [7, 11) is 1.60. The van der Waals surface area contributed by atoms with Gasteiger partial charge in [-0.2, -0.15) is 0 Å². The highest BCUT2D eigenvalue weighted by atomic mass is 16.6. The van der Waals surface area contributed by atoms with Gasteiger partial charge in [-0.05, 0) is 33.3 Å². The van der Waals surface area contributed by atoms with Crippen molar-refractivity contribution in [1.29, 1.82) is 0 Å². The molecule has 0 saturated heterocycles. The molecule has 0 radical (unpaired) electrons. The number of hydrogen-bond donors (Lipinski definition) is 0. The minimum absolute atomic E-state index is 0.000836. The Morgan fingerprint density at radius 1 is 1.08 bits per heavy atom. The summed E-state index contributed by atoms with van der Waals surface area (Å²) in [4.78, 5) is 24.1. The molecular weight excluding hydrogens is 320 g/mol. The first-order chi connectivity index (χ1) is 11.6. The third kappa shape index (κ3) is 8.16. The first kappa shape index (κ1) is 21.2. The van der Waals surface area contributed by atoms with Crippen molar-refractivity contribution in [3.05, 3.63) is 35.9 Å². The molecule has 0 amide bonds. The molecule has 5 nitrogen and oxygen atoms in total. The maximum atomic E-state index is 12.2. The van der Waals surface area contributed by atoms with E-state index in [0.29, 0.717) is 6.42 Å². The summed E-state index contributed by atoms with van der Waals surface area (Å²) >= 11 is 0. The second-order valence-corrected chi connectivity index (χ2v) is 7.30. The predicted octanol–water partition coefficient (Wildman–Crippen LogP) is 3.54. The SMILES string of the molecule is CO[C@H](Cc1ccccc1)[C@H](C)OC(=O)[C@H](C)CC(=O)OC(C)(C)C. The van der Waals surface area contributed by atoms with Crippen LogP contribution in [-0.4, -0.2) is 36.9 Å². The standard InChI is InChI=1S/C20H30O5/c1-14(12-18(21)25-20(3,4)5)19(22)24-15(2)17(23-6)13-16-10-8-7-9-11-16/h7-11,14-15,17H,12-13H2,1-6H3/t14-,15+,17-/m1/s1. The molecule has 0 aliphatic heterocycles. The van der Waals surface area contributed by atoms with Crippen molar-refractivity contribution in [1.82, 2.24) is 0 Å². The average Bonchev–Trinajstić information content (AvgIpc) is 2.51. The third-order valence-corrected chi connectivity index (χ3v) is 3.70. The van der Waals surface area contributed by atoms with E-state index in [-0.39, 0.29) is 12.5 Å². The van der Waals surface area contributed by atoms with Gasteiger partial charge in [0.25, 0.3) is 0 Å². The minimum atomic E-state index is -0.565. The summed E-state index contributed by atoms with van der Waals surface area (Å²) in [5.41, 5.74) is 0.546. The Hall–Kier alpha value is -1.88. The molecule has 0 aromatic heterocycles.